The summed E-state index contributed by atoms with van der Waals surface area (Å²) in [6.07, 6.45) is 1.48. The van der Waals surface area contributed by atoms with E-state index in [2.05, 4.69) is 10.4 Å². The number of aliphatic hydroxyl groups is 1. The van der Waals surface area contributed by atoms with Gasteiger partial charge in [-0.1, -0.05) is 30.3 Å². The number of aliphatic hydroxyl groups excluding tert-OH is 1. The zero-order valence-corrected chi connectivity index (χ0v) is 12.6. The van der Waals surface area contributed by atoms with Crippen LogP contribution in [0.1, 0.15) is 16.8 Å². The Morgan fingerprint density at radius 1 is 1.33 bits per heavy atom. The number of hydrogen-bond acceptors (Lipinski definition) is 4. The molecule has 1 aromatic heterocycles. The van der Waals surface area contributed by atoms with Gasteiger partial charge in [-0.25, -0.2) is 0 Å². The monoisotopic (exact) mass is 289 g/mol. The molecule has 0 radical (unpaired) electrons. The molecule has 0 saturated heterocycles. The average molecular weight is 289 g/mol. The van der Waals surface area contributed by atoms with Crippen molar-refractivity contribution in [2.45, 2.75) is 26.2 Å². The first-order valence-electron chi connectivity index (χ1n) is 7.14. The van der Waals surface area contributed by atoms with Gasteiger partial charge in [-0.2, -0.15) is 5.10 Å². The molecular weight excluding hydrogens is 266 g/mol. The number of nitrogens with zero attached hydrogens (tertiary/aromatic N) is 2. The largest absolute Gasteiger partial charge is 0.389 e. The number of aromatic nitrogens is 2. The second-order valence-electron chi connectivity index (χ2n) is 5.20. The van der Waals surface area contributed by atoms with Gasteiger partial charge in [0.25, 0.3) is 0 Å². The Morgan fingerprint density at radius 2 is 2.10 bits per heavy atom. The Bertz CT molecular complexity index is 540. The molecule has 0 aliphatic rings. The maximum atomic E-state index is 9.87. The molecule has 0 fully saturated rings. The van der Waals surface area contributed by atoms with Crippen LogP contribution in [0.25, 0.3) is 0 Å². The molecule has 1 atom stereocenters. The van der Waals surface area contributed by atoms with Crippen molar-refractivity contribution in [3.63, 3.8) is 0 Å². The summed E-state index contributed by atoms with van der Waals surface area (Å²) in [6, 6.07) is 9.95. The second-order valence-corrected chi connectivity index (χ2v) is 5.20. The van der Waals surface area contributed by atoms with E-state index in [1.807, 2.05) is 50.5 Å². The Labute approximate surface area is 125 Å². The van der Waals surface area contributed by atoms with Crippen LogP contribution in [0.5, 0.6) is 0 Å². The summed E-state index contributed by atoms with van der Waals surface area (Å²) in [5.74, 6) is 0. The molecule has 114 valence electrons. The minimum Gasteiger partial charge on any atom is -0.389 e. The number of ether oxygens (including phenoxy) is 1. The van der Waals surface area contributed by atoms with Crippen molar-refractivity contribution >= 4 is 0 Å². The van der Waals surface area contributed by atoms with Crippen LogP contribution in [0.4, 0.5) is 0 Å². The maximum absolute atomic E-state index is 9.87. The number of hydrogen-bond donors (Lipinski definition) is 2. The summed E-state index contributed by atoms with van der Waals surface area (Å²) in [4.78, 5) is 0. The predicted molar refractivity (Wildman–Crippen MR) is 81.8 cm³/mol. The topological polar surface area (TPSA) is 59.3 Å². The van der Waals surface area contributed by atoms with E-state index in [1.165, 1.54) is 0 Å². The van der Waals surface area contributed by atoms with E-state index in [9.17, 15) is 5.11 Å². The van der Waals surface area contributed by atoms with E-state index in [0.29, 0.717) is 26.3 Å². The Kier molecular flexibility index (Phi) is 5.92. The van der Waals surface area contributed by atoms with Gasteiger partial charge in [-0.3, -0.25) is 4.68 Å². The summed E-state index contributed by atoms with van der Waals surface area (Å²) in [5, 5.41) is 17.4. The van der Waals surface area contributed by atoms with Crippen LogP contribution in [0, 0.1) is 6.92 Å². The normalized spacial score (nSPS) is 12.5. The average Bonchev–Trinajstić information content (AvgIpc) is 2.78. The molecule has 1 aromatic carbocycles. The Morgan fingerprint density at radius 3 is 2.76 bits per heavy atom. The van der Waals surface area contributed by atoms with Crippen LogP contribution in [0.3, 0.4) is 0 Å². The van der Waals surface area contributed by atoms with Gasteiger partial charge in [0, 0.05) is 31.9 Å². The molecule has 0 spiro atoms. The van der Waals surface area contributed by atoms with Crippen LogP contribution >= 0.6 is 0 Å². The lowest BCUT2D eigenvalue weighted by Gasteiger charge is -2.12. The number of nitrogens with one attached hydrogen (secondary N) is 1. The lowest BCUT2D eigenvalue weighted by molar-refractivity contribution is 0.0287. The van der Waals surface area contributed by atoms with E-state index < -0.39 is 6.10 Å². The number of aryl methyl sites for hydroxylation is 2. The minimum absolute atomic E-state index is 0.327. The van der Waals surface area contributed by atoms with Crippen molar-refractivity contribution in [1.29, 1.82) is 0 Å². The van der Waals surface area contributed by atoms with E-state index in [1.54, 1.807) is 4.68 Å². The number of benzene rings is 1. The van der Waals surface area contributed by atoms with Crippen LogP contribution in [0.15, 0.2) is 36.5 Å². The molecule has 21 heavy (non-hydrogen) atoms. The third-order valence-electron chi connectivity index (χ3n) is 3.23. The molecule has 0 aliphatic heterocycles. The van der Waals surface area contributed by atoms with Gasteiger partial charge in [-0.05, 0) is 12.5 Å². The zero-order chi connectivity index (χ0) is 15.1. The quantitative estimate of drug-likeness (QED) is 0.771. The van der Waals surface area contributed by atoms with Crippen molar-refractivity contribution in [3.8, 4) is 0 Å². The van der Waals surface area contributed by atoms with Crippen molar-refractivity contribution in [3.05, 3.63) is 53.3 Å². The molecule has 0 bridgehead atoms. The highest BCUT2D eigenvalue weighted by molar-refractivity contribution is 5.15. The minimum atomic E-state index is -0.509. The molecule has 5 nitrogen and oxygen atoms in total. The molecular formula is C16H23N3O2. The van der Waals surface area contributed by atoms with Crippen molar-refractivity contribution < 1.29 is 9.84 Å². The third kappa shape index (κ3) is 5.30. The highest BCUT2D eigenvalue weighted by Gasteiger charge is 2.06. The SMILES string of the molecule is Cc1nn(C)cc1CNCC(O)COCc1ccccc1. The standard InChI is InChI=1S/C16H23N3O2/c1-13-15(10-19(2)18-13)8-17-9-16(20)12-21-11-14-6-4-3-5-7-14/h3-7,10,16-17,20H,8-9,11-12H2,1-2H3. The van der Waals surface area contributed by atoms with Gasteiger partial charge in [0.1, 0.15) is 0 Å². The number of rotatable bonds is 8. The van der Waals surface area contributed by atoms with Crippen LogP contribution < -0.4 is 5.32 Å². The molecule has 5 heteroatoms. The van der Waals surface area contributed by atoms with Gasteiger partial charge < -0.3 is 15.2 Å². The van der Waals surface area contributed by atoms with E-state index in [-0.39, 0.29) is 0 Å². The Balaban J connectivity index is 1.61. The first kappa shape index (κ1) is 15.7. The molecule has 1 unspecified atom stereocenters. The molecule has 1 heterocycles. The second kappa shape index (κ2) is 7.93. The summed E-state index contributed by atoms with van der Waals surface area (Å²) in [6.45, 7) is 4.04. The van der Waals surface area contributed by atoms with E-state index in [0.717, 1.165) is 16.8 Å². The lowest BCUT2D eigenvalue weighted by Crippen LogP contribution is -2.30. The predicted octanol–water partition coefficient (Wildman–Crippen LogP) is 1.40. The molecule has 0 saturated carbocycles. The summed E-state index contributed by atoms with van der Waals surface area (Å²) < 4.78 is 7.30. The molecule has 2 rings (SSSR count). The summed E-state index contributed by atoms with van der Waals surface area (Å²) in [5.41, 5.74) is 3.28. The molecule has 0 amide bonds. The Hall–Kier alpha value is -1.69. The van der Waals surface area contributed by atoms with Crippen molar-refractivity contribution in [2.24, 2.45) is 7.05 Å². The fourth-order valence-corrected chi connectivity index (χ4v) is 2.14. The third-order valence-corrected chi connectivity index (χ3v) is 3.23. The first-order chi connectivity index (χ1) is 10.1. The zero-order valence-electron chi connectivity index (χ0n) is 12.6. The van der Waals surface area contributed by atoms with Gasteiger partial charge in [0.2, 0.25) is 0 Å². The highest BCUT2D eigenvalue weighted by atomic mass is 16.5. The van der Waals surface area contributed by atoms with Crippen LogP contribution in [-0.4, -0.2) is 34.1 Å². The molecule has 2 N–H and O–H groups in total. The smallest absolute Gasteiger partial charge is 0.0897 e. The highest BCUT2D eigenvalue weighted by Crippen LogP contribution is 2.04. The fourth-order valence-electron chi connectivity index (χ4n) is 2.14. The van der Waals surface area contributed by atoms with Crippen LogP contribution in [0.2, 0.25) is 0 Å². The van der Waals surface area contributed by atoms with E-state index >= 15 is 0 Å². The van der Waals surface area contributed by atoms with E-state index in [4.69, 9.17) is 4.74 Å². The fraction of sp³-hybridized carbons (Fsp3) is 0.438. The summed E-state index contributed by atoms with van der Waals surface area (Å²) in [7, 11) is 1.91. The van der Waals surface area contributed by atoms with Gasteiger partial charge >= 0.3 is 0 Å². The summed E-state index contributed by atoms with van der Waals surface area (Å²) >= 11 is 0. The molecule has 2 aromatic rings. The van der Waals surface area contributed by atoms with Gasteiger partial charge in [0.15, 0.2) is 0 Å². The van der Waals surface area contributed by atoms with Gasteiger partial charge in [-0.15, -0.1) is 0 Å². The van der Waals surface area contributed by atoms with Crippen molar-refractivity contribution in [2.75, 3.05) is 13.2 Å². The molecule has 0 aliphatic carbocycles. The first-order valence-corrected chi connectivity index (χ1v) is 7.14. The van der Waals surface area contributed by atoms with Crippen LogP contribution in [-0.2, 0) is 24.9 Å². The van der Waals surface area contributed by atoms with Gasteiger partial charge in [0.05, 0.1) is 25.0 Å². The van der Waals surface area contributed by atoms with Crippen molar-refractivity contribution in [1.82, 2.24) is 15.1 Å². The maximum Gasteiger partial charge on any atom is 0.0897 e. The lowest BCUT2D eigenvalue weighted by atomic mass is 10.2.